The van der Waals surface area contributed by atoms with E-state index in [9.17, 15) is 24.6 Å². The van der Waals surface area contributed by atoms with Gasteiger partial charge in [-0.2, -0.15) is 0 Å². The molecule has 2 N–H and O–H groups in total. The molecule has 0 spiro atoms. The molecule has 0 radical (unpaired) electrons. The van der Waals surface area contributed by atoms with Crippen molar-refractivity contribution >= 4 is 17.3 Å². The fourth-order valence-electron chi connectivity index (χ4n) is 3.44. The lowest BCUT2D eigenvalue weighted by Gasteiger charge is -2.28. The van der Waals surface area contributed by atoms with Gasteiger partial charge in [0.05, 0.1) is 12.7 Å². The number of carbonyl (C=O) groups excluding carboxylic acids is 3. The van der Waals surface area contributed by atoms with Gasteiger partial charge in [-0.15, -0.1) is 0 Å². The Kier molecular flexibility index (Phi) is 3.72. The number of ketones is 3. The van der Waals surface area contributed by atoms with E-state index in [1.165, 1.54) is 34.8 Å². The van der Waals surface area contributed by atoms with E-state index >= 15 is 0 Å². The van der Waals surface area contributed by atoms with E-state index in [1.54, 1.807) is 0 Å². The summed E-state index contributed by atoms with van der Waals surface area (Å²) in [6.45, 7) is 5.66. The molecule has 3 rings (SSSR count). The van der Waals surface area contributed by atoms with Crippen molar-refractivity contribution in [1.82, 2.24) is 0 Å². The summed E-state index contributed by atoms with van der Waals surface area (Å²) in [6, 6.07) is 0. The number of hydrogen-bond donors (Lipinski definition) is 2. The molecular formula is C19H18O7. The number of allylic oxidation sites excluding steroid dienone is 4. The van der Waals surface area contributed by atoms with E-state index in [0.717, 1.165) is 6.08 Å². The van der Waals surface area contributed by atoms with Gasteiger partial charge in [-0.3, -0.25) is 14.4 Å². The number of fused-ring (bicyclic) bond motifs is 3. The van der Waals surface area contributed by atoms with E-state index in [4.69, 9.17) is 9.47 Å². The molecule has 1 aromatic carbocycles. The van der Waals surface area contributed by atoms with E-state index < -0.39 is 28.5 Å². The van der Waals surface area contributed by atoms with Gasteiger partial charge in [0.15, 0.2) is 17.3 Å². The normalized spacial score (nSPS) is 23.0. The van der Waals surface area contributed by atoms with Crippen LogP contribution in [0, 0.1) is 6.92 Å². The topological polar surface area (TPSA) is 110 Å². The Morgan fingerprint density at radius 1 is 1.19 bits per heavy atom. The maximum Gasteiger partial charge on any atom is 0.196 e. The fourth-order valence-corrected chi connectivity index (χ4v) is 3.44. The minimum absolute atomic E-state index is 0.00190. The smallest absolute Gasteiger partial charge is 0.196 e. The second kappa shape index (κ2) is 5.45. The average Bonchev–Trinajstić information content (AvgIpc) is 2.86. The summed E-state index contributed by atoms with van der Waals surface area (Å²) in [5, 5.41) is 20.9. The first-order valence-electron chi connectivity index (χ1n) is 7.91. The number of rotatable bonds is 2. The third kappa shape index (κ3) is 1.97. The van der Waals surface area contributed by atoms with Crippen molar-refractivity contribution < 1.29 is 34.1 Å². The van der Waals surface area contributed by atoms with Gasteiger partial charge in [-0.05, 0) is 27.7 Å². The van der Waals surface area contributed by atoms with Crippen LogP contribution in [0.25, 0.3) is 0 Å². The zero-order valence-electron chi connectivity index (χ0n) is 15.0. The second-order valence-corrected chi connectivity index (χ2v) is 6.52. The SMILES string of the molecule is CO/C(C)=C1/C(=O)C=C2Oc3c(C(C)=O)c(O)c(C)c(O)c3C2(C)C1=O. The van der Waals surface area contributed by atoms with Crippen molar-refractivity contribution in [3.63, 3.8) is 0 Å². The number of ether oxygens (including phenoxy) is 2. The van der Waals surface area contributed by atoms with Crippen molar-refractivity contribution in [1.29, 1.82) is 0 Å². The third-order valence-corrected chi connectivity index (χ3v) is 5.04. The Morgan fingerprint density at radius 2 is 1.81 bits per heavy atom. The number of hydrogen-bond acceptors (Lipinski definition) is 7. The quantitative estimate of drug-likeness (QED) is 0.361. The molecule has 1 atom stereocenters. The summed E-state index contributed by atoms with van der Waals surface area (Å²) in [4.78, 5) is 37.6. The van der Waals surface area contributed by atoms with Crippen LogP contribution in [0.4, 0.5) is 0 Å². The van der Waals surface area contributed by atoms with E-state index in [1.807, 2.05) is 0 Å². The number of phenolic OH excluding ortho intramolecular Hbond substituents is 2. The summed E-state index contributed by atoms with van der Waals surface area (Å²) in [7, 11) is 1.34. The van der Waals surface area contributed by atoms with E-state index in [-0.39, 0.29) is 45.3 Å². The largest absolute Gasteiger partial charge is 0.507 e. The molecule has 2 aliphatic rings. The van der Waals surface area contributed by atoms with Crippen LogP contribution in [-0.4, -0.2) is 34.7 Å². The van der Waals surface area contributed by atoms with Gasteiger partial charge in [0, 0.05) is 11.6 Å². The number of carbonyl (C=O) groups is 3. The molecule has 7 nitrogen and oxygen atoms in total. The van der Waals surface area contributed by atoms with Crippen molar-refractivity contribution in [3.8, 4) is 17.2 Å². The molecular weight excluding hydrogens is 340 g/mol. The van der Waals surface area contributed by atoms with Crippen LogP contribution in [0.2, 0.25) is 0 Å². The molecule has 0 amide bonds. The number of methoxy groups -OCH3 is 1. The van der Waals surface area contributed by atoms with Gasteiger partial charge in [0.2, 0.25) is 0 Å². The highest BCUT2D eigenvalue weighted by molar-refractivity contribution is 6.31. The van der Waals surface area contributed by atoms with Crippen LogP contribution in [-0.2, 0) is 19.7 Å². The molecule has 1 heterocycles. The van der Waals surface area contributed by atoms with Crippen molar-refractivity contribution in [2.45, 2.75) is 33.1 Å². The van der Waals surface area contributed by atoms with Gasteiger partial charge >= 0.3 is 0 Å². The van der Waals surface area contributed by atoms with Crippen molar-refractivity contribution in [3.05, 3.63) is 39.9 Å². The molecule has 26 heavy (non-hydrogen) atoms. The molecule has 7 heteroatoms. The molecule has 0 fully saturated rings. The third-order valence-electron chi connectivity index (χ3n) is 5.04. The molecule has 1 aromatic rings. The van der Waals surface area contributed by atoms with Gasteiger partial charge in [-0.25, -0.2) is 0 Å². The van der Waals surface area contributed by atoms with Crippen LogP contribution in [0.5, 0.6) is 17.2 Å². The van der Waals surface area contributed by atoms with E-state index in [0.29, 0.717) is 0 Å². The molecule has 0 saturated heterocycles. The number of Topliss-reactive ketones (excluding diaryl/α,β-unsaturated/α-hetero) is 2. The Hall–Kier alpha value is -3.09. The lowest BCUT2D eigenvalue weighted by molar-refractivity contribution is -0.124. The van der Waals surface area contributed by atoms with Crippen LogP contribution < -0.4 is 4.74 Å². The molecule has 136 valence electrons. The van der Waals surface area contributed by atoms with Gasteiger partial charge in [0.25, 0.3) is 0 Å². The fraction of sp³-hybridized carbons (Fsp3) is 0.316. The van der Waals surface area contributed by atoms with E-state index in [2.05, 4.69) is 0 Å². The lowest BCUT2D eigenvalue weighted by atomic mass is 9.70. The zero-order valence-corrected chi connectivity index (χ0v) is 15.0. The molecule has 1 aliphatic heterocycles. The van der Waals surface area contributed by atoms with Crippen molar-refractivity contribution in [2.75, 3.05) is 7.11 Å². The average molecular weight is 358 g/mol. The first-order valence-corrected chi connectivity index (χ1v) is 7.91. The Labute approximate surface area is 149 Å². The van der Waals surface area contributed by atoms with Crippen LogP contribution in [0.15, 0.2) is 23.2 Å². The number of phenols is 2. The monoisotopic (exact) mass is 358 g/mol. The summed E-state index contributed by atoms with van der Waals surface area (Å²) in [6.07, 6.45) is 1.15. The van der Waals surface area contributed by atoms with Gasteiger partial charge in [0.1, 0.15) is 45.3 Å². The first-order chi connectivity index (χ1) is 12.1. The van der Waals surface area contributed by atoms with Crippen LogP contribution in [0.3, 0.4) is 0 Å². The lowest BCUT2D eigenvalue weighted by Crippen LogP contribution is -2.40. The highest BCUT2D eigenvalue weighted by Crippen LogP contribution is 2.57. The molecule has 0 aromatic heterocycles. The Morgan fingerprint density at radius 3 is 2.35 bits per heavy atom. The second-order valence-electron chi connectivity index (χ2n) is 6.52. The maximum absolute atomic E-state index is 13.2. The predicted octanol–water partition coefficient (Wildman–Crippen LogP) is 2.22. The minimum atomic E-state index is -1.51. The first kappa shape index (κ1) is 17.7. The molecule has 0 bridgehead atoms. The van der Waals surface area contributed by atoms with Crippen LogP contribution >= 0.6 is 0 Å². The highest BCUT2D eigenvalue weighted by Gasteiger charge is 2.56. The standard InChI is InChI=1S/C19H18O7/c1-7-15(22)12(8(2)20)17-14(16(7)23)19(4)11(26-17)6-10(21)13(18(19)24)9(3)25-5/h6,22-23H,1-5H3/b13-9-. The predicted molar refractivity (Wildman–Crippen MR) is 90.3 cm³/mol. The summed E-state index contributed by atoms with van der Waals surface area (Å²) < 4.78 is 10.7. The Bertz CT molecular complexity index is 965. The summed E-state index contributed by atoms with van der Waals surface area (Å²) in [5.74, 6) is -2.42. The molecule has 0 saturated carbocycles. The molecule has 1 aliphatic carbocycles. The van der Waals surface area contributed by atoms with Gasteiger partial charge < -0.3 is 19.7 Å². The molecule has 1 unspecified atom stereocenters. The van der Waals surface area contributed by atoms with Crippen LogP contribution in [0.1, 0.15) is 42.3 Å². The number of aromatic hydroxyl groups is 2. The number of benzene rings is 1. The maximum atomic E-state index is 13.2. The Balaban J connectivity index is 2.43. The van der Waals surface area contributed by atoms with Crippen molar-refractivity contribution in [2.24, 2.45) is 0 Å². The summed E-state index contributed by atoms with van der Waals surface area (Å²) in [5.41, 5.74) is -1.68. The minimum Gasteiger partial charge on any atom is -0.507 e. The summed E-state index contributed by atoms with van der Waals surface area (Å²) >= 11 is 0. The highest BCUT2D eigenvalue weighted by atomic mass is 16.5. The zero-order chi connectivity index (χ0) is 19.5. The van der Waals surface area contributed by atoms with Gasteiger partial charge in [-0.1, -0.05) is 0 Å².